The van der Waals surface area contributed by atoms with Gasteiger partial charge in [0, 0.05) is 37.0 Å². The molecule has 1 aromatic rings. The third-order valence-corrected chi connectivity index (χ3v) is 4.24. The molecule has 3 rings (SSSR count). The molecule has 0 aliphatic carbocycles. The molecule has 2 aliphatic rings. The van der Waals surface area contributed by atoms with Crippen LogP contribution in [0.25, 0.3) is 0 Å². The molecular formula is C11H13N3O2S. The molecule has 3 heterocycles. The van der Waals surface area contributed by atoms with Gasteiger partial charge in [0.15, 0.2) is 0 Å². The number of oxime groups is 1. The summed E-state index contributed by atoms with van der Waals surface area (Å²) in [7, 11) is 1.65. The van der Waals surface area contributed by atoms with Crippen molar-refractivity contribution in [1.29, 1.82) is 0 Å². The number of amides is 1. The number of rotatable bonds is 2. The number of hydrogen-bond acceptors (Lipinski definition) is 5. The lowest BCUT2D eigenvalue weighted by atomic mass is 10.0. The van der Waals surface area contributed by atoms with Crippen molar-refractivity contribution < 1.29 is 9.63 Å². The van der Waals surface area contributed by atoms with Gasteiger partial charge in [0.2, 0.25) is 0 Å². The van der Waals surface area contributed by atoms with Crippen molar-refractivity contribution in [3.05, 3.63) is 20.9 Å². The summed E-state index contributed by atoms with van der Waals surface area (Å²) in [5.41, 5.74) is 3.12. The molecule has 2 aliphatic heterocycles. The fraction of sp³-hybridized carbons (Fsp3) is 0.455. The van der Waals surface area contributed by atoms with E-state index >= 15 is 0 Å². The van der Waals surface area contributed by atoms with Gasteiger partial charge in [-0.3, -0.25) is 4.79 Å². The standard InChI is InChI=1S/C11H13N3O2S/c1-12-11(15)10-9(7-2-3-16-14-7)6-4-13-5-8(6)17-10/h13H,2-5H2,1H3,(H,12,15). The van der Waals surface area contributed by atoms with Crippen LogP contribution in [0.5, 0.6) is 0 Å². The van der Waals surface area contributed by atoms with E-state index in [4.69, 9.17) is 4.84 Å². The molecule has 0 saturated heterocycles. The molecule has 0 fully saturated rings. The van der Waals surface area contributed by atoms with Crippen LogP contribution in [0.4, 0.5) is 0 Å². The normalized spacial score (nSPS) is 17.6. The van der Waals surface area contributed by atoms with Gasteiger partial charge >= 0.3 is 0 Å². The summed E-state index contributed by atoms with van der Waals surface area (Å²) in [6.07, 6.45) is 0.785. The monoisotopic (exact) mass is 251 g/mol. The number of fused-ring (bicyclic) bond motifs is 1. The molecular weight excluding hydrogens is 238 g/mol. The Hall–Kier alpha value is -1.40. The van der Waals surface area contributed by atoms with E-state index in [0.717, 1.165) is 35.7 Å². The number of thiophene rings is 1. The van der Waals surface area contributed by atoms with Crippen molar-refractivity contribution in [2.24, 2.45) is 5.16 Å². The summed E-state index contributed by atoms with van der Waals surface area (Å²) in [4.78, 5) is 18.9. The molecule has 0 atom stereocenters. The maximum Gasteiger partial charge on any atom is 0.261 e. The molecule has 0 saturated carbocycles. The van der Waals surface area contributed by atoms with Crippen molar-refractivity contribution >= 4 is 23.0 Å². The van der Waals surface area contributed by atoms with E-state index in [9.17, 15) is 4.79 Å². The van der Waals surface area contributed by atoms with Gasteiger partial charge in [0.1, 0.15) is 11.5 Å². The molecule has 0 bridgehead atoms. The van der Waals surface area contributed by atoms with E-state index < -0.39 is 0 Å². The SMILES string of the molecule is CNC(=O)c1sc2c(c1C1=NOCC1)CNC2. The highest BCUT2D eigenvalue weighted by atomic mass is 32.1. The maximum absolute atomic E-state index is 11.9. The zero-order valence-corrected chi connectivity index (χ0v) is 10.3. The highest BCUT2D eigenvalue weighted by molar-refractivity contribution is 7.14. The van der Waals surface area contributed by atoms with Gasteiger partial charge < -0.3 is 15.5 Å². The zero-order valence-electron chi connectivity index (χ0n) is 9.50. The second kappa shape index (κ2) is 4.12. The first-order valence-electron chi connectivity index (χ1n) is 5.57. The third kappa shape index (κ3) is 1.64. The molecule has 1 amide bonds. The van der Waals surface area contributed by atoms with Crippen molar-refractivity contribution in [3.8, 4) is 0 Å². The minimum absolute atomic E-state index is 0.0333. The summed E-state index contributed by atoms with van der Waals surface area (Å²) in [5.74, 6) is -0.0333. The maximum atomic E-state index is 11.9. The largest absolute Gasteiger partial charge is 0.395 e. The Balaban J connectivity index is 2.12. The topological polar surface area (TPSA) is 62.7 Å². The molecule has 0 aromatic carbocycles. The molecule has 6 heteroatoms. The molecule has 17 heavy (non-hydrogen) atoms. The van der Waals surface area contributed by atoms with Crippen LogP contribution in [-0.4, -0.2) is 25.3 Å². The fourth-order valence-electron chi connectivity index (χ4n) is 2.20. The first-order chi connectivity index (χ1) is 8.31. The first-order valence-corrected chi connectivity index (χ1v) is 6.39. The average molecular weight is 251 g/mol. The second-order valence-electron chi connectivity index (χ2n) is 4.01. The van der Waals surface area contributed by atoms with Gasteiger partial charge in [0.05, 0.1) is 5.71 Å². The smallest absolute Gasteiger partial charge is 0.261 e. The Morgan fingerprint density at radius 3 is 3.12 bits per heavy atom. The minimum Gasteiger partial charge on any atom is -0.395 e. The van der Waals surface area contributed by atoms with E-state index in [2.05, 4.69) is 15.8 Å². The first kappa shape index (κ1) is 10.7. The summed E-state index contributed by atoms with van der Waals surface area (Å²) >= 11 is 1.56. The zero-order chi connectivity index (χ0) is 11.8. The lowest BCUT2D eigenvalue weighted by Crippen LogP contribution is -2.20. The Kier molecular flexibility index (Phi) is 2.60. The van der Waals surface area contributed by atoms with Gasteiger partial charge in [-0.1, -0.05) is 5.16 Å². The summed E-state index contributed by atoms with van der Waals surface area (Å²) in [6, 6.07) is 0. The van der Waals surface area contributed by atoms with Gasteiger partial charge in [-0.05, 0) is 5.56 Å². The summed E-state index contributed by atoms with van der Waals surface area (Å²) < 4.78 is 0. The lowest BCUT2D eigenvalue weighted by Gasteiger charge is -2.03. The van der Waals surface area contributed by atoms with E-state index in [0.29, 0.717) is 6.61 Å². The van der Waals surface area contributed by atoms with Crippen LogP contribution in [-0.2, 0) is 17.9 Å². The third-order valence-electron chi connectivity index (χ3n) is 3.00. The van der Waals surface area contributed by atoms with Gasteiger partial charge in [-0.25, -0.2) is 0 Å². The van der Waals surface area contributed by atoms with E-state index in [1.165, 1.54) is 10.4 Å². The number of carbonyl (C=O) groups excluding carboxylic acids is 1. The molecule has 5 nitrogen and oxygen atoms in total. The Morgan fingerprint density at radius 2 is 2.41 bits per heavy atom. The lowest BCUT2D eigenvalue weighted by molar-refractivity contribution is 0.0967. The number of hydrogen-bond donors (Lipinski definition) is 2. The van der Waals surface area contributed by atoms with Crippen molar-refractivity contribution in [3.63, 3.8) is 0 Å². The number of nitrogens with zero attached hydrogens (tertiary/aromatic N) is 1. The predicted octanol–water partition coefficient (Wildman–Crippen LogP) is 0.835. The fourth-order valence-corrected chi connectivity index (χ4v) is 3.46. The Labute approximate surface area is 103 Å². The van der Waals surface area contributed by atoms with E-state index in [1.807, 2.05) is 0 Å². The van der Waals surface area contributed by atoms with Crippen LogP contribution in [0.1, 0.15) is 32.1 Å². The molecule has 1 aromatic heterocycles. The van der Waals surface area contributed by atoms with Crippen LogP contribution in [0, 0.1) is 0 Å². The van der Waals surface area contributed by atoms with Gasteiger partial charge in [-0.15, -0.1) is 11.3 Å². The summed E-state index contributed by atoms with van der Waals surface area (Å²) in [6.45, 7) is 2.27. The van der Waals surface area contributed by atoms with Crippen LogP contribution in [0.15, 0.2) is 5.16 Å². The highest BCUT2D eigenvalue weighted by Gasteiger charge is 2.29. The van der Waals surface area contributed by atoms with Crippen molar-refractivity contribution in [1.82, 2.24) is 10.6 Å². The van der Waals surface area contributed by atoms with Crippen molar-refractivity contribution in [2.75, 3.05) is 13.7 Å². The molecule has 2 N–H and O–H groups in total. The van der Waals surface area contributed by atoms with E-state index in [-0.39, 0.29) is 5.91 Å². The molecule has 0 spiro atoms. The average Bonchev–Trinajstić information content (AvgIpc) is 3.02. The Morgan fingerprint density at radius 1 is 1.53 bits per heavy atom. The number of nitrogens with one attached hydrogen (secondary N) is 2. The van der Waals surface area contributed by atoms with Crippen LogP contribution in [0.3, 0.4) is 0 Å². The minimum atomic E-state index is -0.0333. The second-order valence-corrected chi connectivity index (χ2v) is 5.12. The quantitative estimate of drug-likeness (QED) is 0.818. The molecule has 0 radical (unpaired) electrons. The van der Waals surface area contributed by atoms with E-state index in [1.54, 1.807) is 18.4 Å². The Bertz CT molecular complexity index is 507. The molecule has 0 unspecified atom stereocenters. The van der Waals surface area contributed by atoms with Crippen LogP contribution in [0.2, 0.25) is 0 Å². The van der Waals surface area contributed by atoms with Crippen LogP contribution < -0.4 is 10.6 Å². The van der Waals surface area contributed by atoms with Gasteiger partial charge in [-0.2, -0.15) is 0 Å². The summed E-state index contributed by atoms with van der Waals surface area (Å²) in [5, 5.41) is 10.0. The van der Waals surface area contributed by atoms with Crippen LogP contribution >= 0.6 is 11.3 Å². The van der Waals surface area contributed by atoms with Crippen molar-refractivity contribution in [2.45, 2.75) is 19.5 Å². The van der Waals surface area contributed by atoms with Gasteiger partial charge in [0.25, 0.3) is 5.91 Å². The highest BCUT2D eigenvalue weighted by Crippen LogP contribution is 2.34. The molecule has 90 valence electrons. The number of carbonyl (C=O) groups is 1. The predicted molar refractivity (Wildman–Crippen MR) is 65.4 cm³/mol.